The summed E-state index contributed by atoms with van der Waals surface area (Å²) >= 11 is 0. The average Bonchev–Trinajstić information content (AvgIpc) is 2.85. The van der Waals surface area contributed by atoms with Crippen LogP contribution in [0, 0.1) is 11.7 Å². The lowest BCUT2D eigenvalue weighted by atomic mass is 9.90. The van der Waals surface area contributed by atoms with Crippen molar-refractivity contribution in [2.24, 2.45) is 5.92 Å². The number of halogens is 1. The highest BCUT2D eigenvalue weighted by molar-refractivity contribution is 5.94. The van der Waals surface area contributed by atoms with E-state index in [1.807, 2.05) is 35.2 Å². The van der Waals surface area contributed by atoms with Gasteiger partial charge in [0.1, 0.15) is 11.9 Å². The molecule has 176 valence electrons. The van der Waals surface area contributed by atoms with Crippen molar-refractivity contribution in [3.05, 3.63) is 59.9 Å². The molecule has 2 amide bonds. The van der Waals surface area contributed by atoms with Crippen molar-refractivity contribution in [2.75, 3.05) is 46.5 Å². The number of hydrogen-bond donors (Lipinski definition) is 0. The number of para-hydroxylation sites is 1. The molecule has 0 aromatic heterocycles. The Balaban J connectivity index is 1.49. The molecule has 0 spiro atoms. The minimum absolute atomic E-state index is 0.0368. The average molecular weight is 457 g/mol. The van der Waals surface area contributed by atoms with Gasteiger partial charge in [-0.05, 0) is 30.3 Å². The highest BCUT2D eigenvalue weighted by atomic mass is 19.1. The number of carbonyl (C=O) groups is 2. The predicted octanol–water partition coefficient (Wildman–Crippen LogP) is 2.99. The van der Waals surface area contributed by atoms with Gasteiger partial charge in [0, 0.05) is 50.5 Å². The first-order valence-electron chi connectivity index (χ1n) is 11.2. The van der Waals surface area contributed by atoms with Crippen LogP contribution in [-0.2, 0) is 9.53 Å². The fourth-order valence-corrected chi connectivity index (χ4v) is 4.37. The normalized spacial score (nSPS) is 20.9. The third kappa shape index (κ3) is 5.63. The van der Waals surface area contributed by atoms with Crippen molar-refractivity contribution < 1.29 is 28.2 Å². The van der Waals surface area contributed by atoms with Crippen LogP contribution in [0.2, 0.25) is 0 Å². The molecule has 4 rings (SSSR count). The molecule has 0 saturated carbocycles. The van der Waals surface area contributed by atoms with E-state index in [9.17, 15) is 14.0 Å². The van der Waals surface area contributed by atoms with Crippen LogP contribution in [0.3, 0.4) is 0 Å². The molecular weight excluding hydrogens is 427 g/mol. The molecule has 2 heterocycles. The highest BCUT2D eigenvalue weighted by Gasteiger charge is 2.36. The van der Waals surface area contributed by atoms with Gasteiger partial charge in [-0.2, -0.15) is 0 Å². The standard InChI is InChI=1S/C25H29FN2O5/c1-31-23-8-7-18(15-21(23)26)25(30)28-10-9-22(33-20-5-3-2-4-6-20)19(17-28)16-24(29)27-11-13-32-14-12-27/h2-8,15,19,22H,9-14,16-17H2,1H3/t19-,22-/m0/s1. The van der Waals surface area contributed by atoms with E-state index >= 15 is 0 Å². The van der Waals surface area contributed by atoms with Gasteiger partial charge in [0.25, 0.3) is 5.91 Å². The smallest absolute Gasteiger partial charge is 0.253 e. The van der Waals surface area contributed by atoms with Crippen LogP contribution < -0.4 is 9.47 Å². The SMILES string of the molecule is COc1ccc(C(=O)N2CC[C@H](Oc3ccccc3)[C@@H](CC(=O)N3CCOCC3)C2)cc1F. The van der Waals surface area contributed by atoms with Gasteiger partial charge < -0.3 is 24.0 Å². The molecule has 33 heavy (non-hydrogen) atoms. The van der Waals surface area contributed by atoms with Gasteiger partial charge in [0.05, 0.1) is 20.3 Å². The van der Waals surface area contributed by atoms with Crippen LogP contribution >= 0.6 is 0 Å². The summed E-state index contributed by atoms with van der Waals surface area (Å²) in [6, 6.07) is 13.7. The number of hydrogen-bond acceptors (Lipinski definition) is 5. The Kier molecular flexibility index (Phi) is 7.44. The maximum Gasteiger partial charge on any atom is 0.253 e. The molecule has 0 radical (unpaired) electrons. The number of rotatable bonds is 6. The number of benzene rings is 2. The van der Waals surface area contributed by atoms with Crippen molar-refractivity contribution >= 4 is 11.8 Å². The lowest BCUT2D eigenvalue weighted by Gasteiger charge is -2.39. The molecule has 2 aliphatic rings. The van der Waals surface area contributed by atoms with Gasteiger partial charge in [-0.25, -0.2) is 4.39 Å². The number of piperidine rings is 1. The van der Waals surface area contributed by atoms with Crippen molar-refractivity contribution in [1.82, 2.24) is 9.80 Å². The second kappa shape index (κ2) is 10.7. The van der Waals surface area contributed by atoms with Gasteiger partial charge in [0.2, 0.25) is 5.91 Å². The Morgan fingerprint density at radius 3 is 2.52 bits per heavy atom. The maximum atomic E-state index is 14.2. The molecule has 0 unspecified atom stereocenters. The zero-order valence-electron chi connectivity index (χ0n) is 18.7. The van der Waals surface area contributed by atoms with E-state index in [-0.39, 0.29) is 41.6 Å². The van der Waals surface area contributed by atoms with Gasteiger partial charge >= 0.3 is 0 Å². The molecular formula is C25H29FN2O5. The van der Waals surface area contributed by atoms with Crippen LogP contribution in [-0.4, -0.2) is 74.2 Å². The van der Waals surface area contributed by atoms with E-state index in [1.165, 1.54) is 19.2 Å². The minimum atomic E-state index is -0.579. The van der Waals surface area contributed by atoms with Crippen LogP contribution in [0.1, 0.15) is 23.2 Å². The van der Waals surface area contributed by atoms with E-state index in [0.717, 1.165) is 5.75 Å². The third-order valence-electron chi connectivity index (χ3n) is 6.18. The molecule has 2 atom stereocenters. The van der Waals surface area contributed by atoms with Gasteiger partial charge in [-0.1, -0.05) is 18.2 Å². The molecule has 2 fully saturated rings. The molecule has 2 aromatic carbocycles. The fourth-order valence-electron chi connectivity index (χ4n) is 4.37. The topological polar surface area (TPSA) is 68.3 Å². The number of methoxy groups -OCH3 is 1. The molecule has 0 N–H and O–H groups in total. The zero-order valence-corrected chi connectivity index (χ0v) is 18.7. The Bertz CT molecular complexity index is 965. The predicted molar refractivity (Wildman–Crippen MR) is 120 cm³/mol. The largest absolute Gasteiger partial charge is 0.494 e. The Hall–Kier alpha value is -3.13. The molecule has 2 aromatic rings. The first kappa shape index (κ1) is 23.0. The summed E-state index contributed by atoms with van der Waals surface area (Å²) in [5.41, 5.74) is 0.258. The number of nitrogens with zero attached hydrogens (tertiary/aromatic N) is 2. The van der Waals surface area contributed by atoms with Gasteiger partial charge in [0.15, 0.2) is 11.6 Å². The first-order chi connectivity index (χ1) is 16.0. The van der Waals surface area contributed by atoms with E-state index in [0.29, 0.717) is 45.8 Å². The lowest BCUT2D eigenvalue weighted by Crippen LogP contribution is -2.50. The fraction of sp³-hybridized carbons (Fsp3) is 0.440. The van der Waals surface area contributed by atoms with Crippen molar-refractivity contribution in [2.45, 2.75) is 18.9 Å². The monoisotopic (exact) mass is 456 g/mol. The Morgan fingerprint density at radius 2 is 1.82 bits per heavy atom. The van der Waals surface area contributed by atoms with Gasteiger partial charge in [-0.15, -0.1) is 0 Å². The molecule has 8 heteroatoms. The summed E-state index contributed by atoms with van der Waals surface area (Å²) in [5, 5.41) is 0. The maximum absolute atomic E-state index is 14.2. The summed E-state index contributed by atoms with van der Waals surface area (Å²) in [6.07, 6.45) is 0.660. The second-order valence-corrected chi connectivity index (χ2v) is 8.32. The van der Waals surface area contributed by atoms with Gasteiger partial charge in [-0.3, -0.25) is 9.59 Å². The highest BCUT2D eigenvalue weighted by Crippen LogP contribution is 2.28. The summed E-state index contributed by atoms with van der Waals surface area (Å²) in [7, 11) is 1.38. The summed E-state index contributed by atoms with van der Waals surface area (Å²) < 4.78 is 30.7. The van der Waals surface area contributed by atoms with Crippen molar-refractivity contribution in [1.29, 1.82) is 0 Å². The molecule has 0 aliphatic carbocycles. The van der Waals surface area contributed by atoms with E-state index in [2.05, 4.69) is 0 Å². The van der Waals surface area contributed by atoms with E-state index in [4.69, 9.17) is 14.2 Å². The molecule has 2 aliphatic heterocycles. The Labute approximate surface area is 193 Å². The van der Waals surface area contributed by atoms with Crippen LogP contribution in [0.15, 0.2) is 48.5 Å². The minimum Gasteiger partial charge on any atom is -0.494 e. The molecule has 2 saturated heterocycles. The Morgan fingerprint density at radius 1 is 1.06 bits per heavy atom. The van der Waals surface area contributed by atoms with Crippen molar-refractivity contribution in [3.63, 3.8) is 0 Å². The summed E-state index contributed by atoms with van der Waals surface area (Å²) in [6.45, 7) is 3.04. The number of carbonyl (C=O) groups excluding carboxylic acids is 2. The van der Waals surface area contributed by atoms with Crippen molar-refractivity contribution in [3.8, 4) is 11.5 Å². The van der Waals surface area contributed by atoms with E-state index < -0.39 is 5.82 Å². The molecule has 0 bridgehead atoms. The lowest BCUT2D eigenvalue weighted by molar-refractivity contribution is -0.137. The summed E-state index contributed by atoms with van der Waals surface area (Å²) in [4.78, 5) is 29.6. The van der Waals surface area contributed by atoms with Crippen LogP contribution in [0.5, 0.6) is 11.5 Å². The second-order valence-electron chi connectivity index (χ2n) is 8.32. The summed E-state index contributed by atoms with van der Waals surface area (Å²) in [5.74, 6) is -0.154. The number of likely N-dealkylation sites (tertiary alicyclic amines) is 1. The number of amides is 2. The van der Waals surface area contributed by atoms with Crippen LogP contribution in [0.25, 0.3) is 0 Å². The first-order valence-corrected chi connectivity index (χ1v) is 11.2. The van der Waals surface area contributed by atoms with Crippen LogP contribution in [0.4, 0.5) is 4.39 Å². The zero-order chi connectivity index (χ0) is 23.2. The third-order valence-corrected chi connectivity index (χ3v) is 6.18. The quantitative estimate of drug-likeness (QED) is 0.669. The number of morpholine rings is 1. The molecule has 7 nitrogen and oxygen atoms in total. The number of ether oxygens (including phenoxy) is 3. The van der Waals surface area contributed by atoms with E-state index in [1.54, 1.807) is 11.0 Å².